The van der Waals surface area contributed by atoms with Crippen molar-refractivity contribution in [3.8, 4) is 0 Å². The molecule has 100 valence electrons. The summed E-state index contributed by atoms with van der Waals surface area (Å²) >= 11 is 3.23. The van der Waals surface area contributed by atoms with Crippen molar-refractivity contribution in [3.63, 3.8) is 0 Å². The summed E-state index contributed by atoms with van der Waals surface area (Å²) in [5.41, 5.74) is 6.41. The van der Waals surface area contributed by atoms with Crippen molar-refractivity contribution in [2.45, 2.75) is 11.4 Å². The molecule has 2 aromatic rings. The van der Waals surface area contributed by atoms with Gasteiger partial charge in [0.1, 0.15) is 4.90 Å². The fraction of sp³-hybridized carbons (Fsp3) is 0.0909. The Kier molecular flexibility index (Phi) is 4.13. The number of nitrogens with two attached hydrogens (primary N) is 1. The summed E-state index contributed by atoms with van der Waals surface area (Å²) in [4.78, 5) is 0.0413. The Morgan fingerprint density at radius 2 is 2.11 bits per heavy atom. The Hall–Kier alpha value is -1.51. The van der Waals surface area contributed by atoms with Crippen LogP contribution in [0.25, 0.3) is 0 Å². The summed E-state index contributed by atoms with van der Waals surface area (Å²) in [6.07, 6.45) is 1.52. The number of benzene rings is 1. The van der Waals surface area contributed by atoms with Crippen LogP contribution in [0, 0.1) is 0 Å². The largest absolute Gasteiger partial charge is 0.398 e. The lowest BCUT2D eigenvalue weighted by Gasteiger charge is -2.08. The molecule has 8 heteroatoms. The standard InChI is InChI=1S/C11H11BrN4O2S/c12-8-3-4-11(10(13)6-8)19(17,18)15-7-9-2-1-5-14-16-9/h1-6,15H,7,13H2. The first kappa shape index (κ1) is 13.9. The molecule has 0 radical (unpaired) electrons. The Bertz CT molecular complexity index is 676. The number of nitrogen functional groups attached to an aromatic ring is 1. The summed E-state index contributed by atoms with van der Waals surface area (Å²) in [7, 11) is -3.67. The van der Waals surface area contributed by atoms with Gasteiger partial charge in [-0.1, -0.05) is 15.9 Å². The number of hydrogen-bond donors (Lipinski definition) is 2. The average Bonchev–Trinajstić information content (AvgIpc) is 2.37. The quantitative estimate of drug-likeness (QED) is 0.816. The number of anilines is 1. The molecule has 0 atom stereocenters. The Morgan fingerprint density at radius 3 is 2.74 bits per heavy atom. The van der Waals surface area contributed by atoms with Crippen LogP contribution in [0.1, 0.15) is 5.69 Å². The normalized spacial score (nSPS) is 11.4. The van der Waals surface area contributed by atoms with Crippen molar-refractivity contribution in [1.29, 1.82) is 0 Å². The molecule has 6 nitrogen and oxygen atoms in total. The molecule has 19 heavy (non-hydrogen) atoms. The van der Waals surface area contributed by atoms with Gasteiger partial charge in [0, 0.05) is 10.7 Å². The zero-order valence-electron chi connectivity index (χ0n) is 9.75. The minimum Gasteiger partial charge on any atom is -0.398 e. The summed E-state index contributed by atoms with van der Waals surface area (Å²) in [6.45, 7) is 0.0612. The highest BCUT2D eigenvalue weighted by Crippen LogP contribution is 2.22. The summed E-state index contributed by atoms with van der Waals surface area (Å²) < 4.78 is 27.3. The maximum absolute atomic E-state index is 12.1. The van der Waals surface area contributed by atoms with E-state index in [9.17, 15) is 8.42 Å². The maximum atomic E-state index is 12.1. The van der Waals surface area contributed by atoms with E-state index in [0.29, 0.717) is 5.69 Å². The van der Waals surface area contributed by atoms with Gasteiger partial charge in [-0.05, 0) is 30.3 Å². The van der Waals surface area contributed by atoms with Gasteiger partial charge < -0.3 is 5.73 Å². The van der Waals surface area contributed by atoms with E-state index in [2.05, 4.69) is 30.8 Å². The van der Waals surface area contributed by atoms with Crippen molar-refractivity contribution in [2.75, 3.05) is 5.73 Å². The number of rotatable bonds is 4. The van der Waals surface area contributed by atoms with E-state index in [-0.39, 0.29) is 17.1 Å². The highest BCUT2D eigenvalue weighted by Gasteiger charge is 2.17. The van der Waals surface area contributed by atoms with Crippen LogP contribution >= 0.6 is 15.9 Å². The minimum atomic E-state index is -3.67. The molecule has 1 heterocycles. The van der Waals surface area contributed by atoms with E-state index in [1.165, 1.54) is 18.3 Å². The third-order valence-corrected chi connectivity index (χ3v) is 4.30. The second-order valence-corrected chi connectivity index (χ2v) is 6.37. The number of nitrogens with zero attached hydrogens (tertiary/aromatic N) is 2. The van der Waals surface area contributed by atoms with Crippen LogP contribution in [0.15, 0.2) is 45.9 Å². The molecule has 0 unspecified atom stereocenters. The molecule has 3 N–H and O–H groups in total. The van der Waals surface area contributed by atoms with Crippen LogP contribution in [-0.4, -0.2) is 18.6 Å². The SMILES string of the molecule is Nc1cc(Br)ccc1S(=O)(=O)NCc1cccnn1. The molecule has 1 aromatic carbocycles. The molecule has 0 aliphatic carbocycles. The van der Waals surface area contributed by atoms with E-state index in [1.807, 2.05) is 0 Å². The van der Waals surface area contributed by atoms with Crippen LogP contribution < -0.4 is 10.5 Å². The average molecular weight is 343 g/mol. The summed E-state index contributed by atoms with van der Waals surface area (Å²) in [5, 5.41) is 7.47. The van der Waals surface area contributed by atoms with Crippen molar-refractivity contribution in [1.82, 2.24) is 14.9 Å². The predicted octanol–water partition coefficient (Wildman–Crippen LogP) is 1.30. The van der Waals surface area contributed by atoms with Crippen molar-refractivity contribution in [3.05, 3.63) is 46.7 Å². The lowest BCUT2D eigenvalue weighted by atomic mass is 10.3. The molecule has 2 rings (SSSR count). The third-order valence-electron chi connectivity index (χ3n) is 2.33. The number of halogens is 1. The highest BCUT2D eigenvalue weighted by atomic mass is 79.9. The van der Waals surface area contributed by atoms with Gasteiger partial charge in [-0.3, -0.25) is 0 Å². The molecular formula is C11H11BrN4O2S. The molecule has 0 fully saturated rings. The van der Waals surface area contributed by atoms with Crippen LogP contribution in [0.5, 0.6) is 0 Å². The van der Waals surface area contributed by atoms with Gasteiger partial charge >= 0.3 is 0 Å². The summed E-state index contributed by atoms with van der Waals surface area (Å²) in [5.74, 6) is 0. The second-order valence-electron chi connectivity index (χ2n) is 3.72. The molecule has 0 bridgehead atoms. The van der Waals surface area contributed by atoms with Crippen molar-refractivity contribution >= 4 is 31.6 Å². The lowest BCUT2D eigenvalue weighted by Crippen LogP contribution is -2.24. The zero-order chi connectivity index (χ0) is 13.9. The Balaban J connectivity index is 2.19. The van der Waals surface area contributed by atoms with E-state index in [0.717, 1.165) is 4.47 Å². The number of nitrogens with one attached hydrogen (secondary N) is 1. The van der Waals surface area contributed by atoms with Gasteiger partial charge in [-0.25, -0.2) is 13.1 Å². The third kappa shape index (κ3) is 3.49. The van der Waals surface area contributed by atoms with Gasteiger partial charge in [0.15, 0.2) is 0 Å². The predicted molar refractivity (Wildman–Crippen MR) is 74.6 cm³/mol. The first-order valence-corrected chi connectivity index (χ1v) is 7.58. The molecule has 0 aliphatic heterocycles. The van der Waals surface area contributed by atoms with E-state index >= 15 is 0 Å². The van der Waals surface area contributed by atoms with Crippen LogP contribution in [-0.2, 0) is 16.6 Å². The van der Waals surface area contributed by atoms with Gasteiger partial charge in [0.25, 0.3) is 0 Å². The van der Waals surface area contributed by atoms with Crippen molar-refractivity contribution in [2.24, 2.45) is 0 Å². The Labute approximate surface area is 119 Å². The van der Waals surface area contributed by atoms with Crippen LogP contribution in [0.3, 0.4) is 0 Å². The monoisotopic (exact) mass is 342 g/mol. The number of aromatic nitrogens is 2. The molecule has 0 saturated heterocycles. The summed E-state index contributed by atoms with van der Waals surface area (Å²) in [6, 6.07) is 7.97. The van der Waals surface area contributed by atoms with E-state index < -0.39 is 10.0 Å². The van der Waals surface area contributed by atoms with E-state index in [1.54, 1.807) is 18.2 Å². The minimum absolute atomic E-state index is 0.0413. The van der Waals surface area contributed by atoms with Gasteiger partial charge in [-0.15, -0.1) is 0 Å². The van der Waals surface area contributed by atoms with Gasteiger partial charge in [-0.2, -0.15) is 10.2 Å². The molecule has 0 aliphatic rings. The Morgan fingerprint density at radius 1 is 1.32 bits per heavy atom. The van der Waals surface area contributed by atoms with Gasteiger partial charge in [0.05, 0.1) is 17.9 Å². The number of sulfonamides is 1. The second kappa shape index (κ2) is 5.64. The molecule has 0 saturated carbocycles. The lowest BCUT2D eigenvalue weighted by molar-refractivity contribution is 0.580. The fourth-order valence-electron chi connectivity index (χ4n) is 1.44. The van der Waals surface area contributed by atoms with Crippen LogP contribution in [0.4, 0.5) is 5.69 Å². The van der Waals surface area contributed by atoms with Crippen LogP contribution in [0.2, 0.25) is 0 Å². The van der Waals surface area contributed by atoms with E-state index in [4.69, 9.17) is 5.73 Å². The smallest absolute Gasteiger partial charge is 0.242 e. The molecule has 0 amide bonds. The molecular weight excluding hydrogens is 332 g/mol. The number of hydrogen-bond acceptors (Lipinski definition) is 5. The highest BCUT2D eigenvalue weighted by molar-refractivity contribution is 9.10. The topological polar surface area (TPSA) is 98.0 Å². The van der Waals surface area contributed by atoms with Gasteiger partial charge in [0.2, 0.25) is 10.0 Å². The zero-order valence-corrected chi connectivity index (χ0v) is 12.1. The fourth-order valence-corrected chi connectivity index (χ4v) is 2.93. The first-order chi connectivity index (χ1) is 8.99. The maximum Gasteiger partial charge on any atom is 0.242 e. The van der Waals surface area contributed by atoms with Crippen molar-refractivity contribution < 1.29 is 8.42 Å². The molecule has 1 aromatic heterocycles. The first-order valence-electron chi connectivity index (χ1n) is 5.30. The molecule has 0 spiro atoms.